The third-order valence-corrected chi connectivity index (χ3v) is 5.47. The van der Waals surface area contributed by atoms with Gasteiger partial charge in [-0.3, -0.25) is 0 Å². The topological polar surface area (TPSA) is 61.2 Å². The lowest BCUT2D eigenvalue weighted by atomic mass is 10.1. The molecule has 2 rings (SSSR count). The molecule has 1 saturated heterocycles. The highest BCUT2D eigenvalue weighted by molar-refractivity contribution is 7.89. The zero-order valence-corrected chi connectivity index (χ0v) is 12.5. The Morgan fingerprint density at radius 1 is 1.41 bits per heavy atom. The van der Waals surface area contributed by atoms with E-state index in [2.05, 4.69) is 6.58 Å². The minimum Gasteiger partial charge on any atom is -0.207 e. The van der Waals surface area contributed by atoms with Crippen LogP contribution in [0.1, 0.15) is 18.1 Å². The molecule has 0 aromatic heterocycles. The number of sulfonamides is 1. The van der Waals surface area contributed by atoms with Gasteiger partial charge in [0.2, 0.25) is 10.0 Å². The first kappa shape index (κ1) is 16.5. The van der Waals surface area contributed by atoms with Crippen LogP contribution in [0.25, 0.3) is 0 Å². The molecule has 1 heterocycles. The zero-order valence-electron chi connectivity index (χ0n) is 11.7. The van der Waals surface area contributed by atoms with Gasteiger partial charge in [0.05, 0.1) is 16.0 Å². The third-order valence-electron chi connectivity index (χ3n) is 3.60. The first-order valence-corrected chi connectivity index (χ1v) is 7.80. The molecule has 1 aromatic carbocycles. The minimum absolute atomic E-state index is 0.0326. The minimum atomic E-state index is -4.63. The second-order valence-electron chi connectivity index (χ2n) is 5.18. The van der Waals surface area contributed by atoms with Gasteiger partial charge >= 0.3 is 6.18 Å². The summed E-state index contributed by atoms with van der Waals surface area (Å²) in [5.41, 5.74) is -0.837. The molecular weight excluding hydrogens is 317 g/mol. The van der Waals surface area contributed by atoms with E-state index in [1.807, 2.05) is 6.92 Å². The molecular formula is C14H13F3N2O2S. The number of rotatable bonds is 2. The van der Waals surface area contributed by atoms with Gasteiger partial charge in [-0.15, -0.1) is 0 Å². The molecule has 1 aliphatic rings. The van der Waals surface area contributed by atoms with Crippen LogP contribution in [0.2, 0.25) is 0 Å². The molecule has 0 radical (unpaired) electrons. The SMILES string of the molecule is C=C1CN(S(=O)(=O)c2ccc(C(F)(F)F)cc2C#N)C[C@H]1C. The monoisotopic (exact) mass is 330 g/mol. The predicted octanol–water partition coefficient (Wildman–Crippen LogP) is 2.77. The standard InChI is InChI=1S/C14H13F3N2O2S/c1-9-7-19(8-10(9)2)22(20,21)13-4-3-12(14(15,16)17)5-11(13)6-18/h3-5,10H,1,7-8H2,2H3/t10-/m1/s1. The maximum absolute atomic E-state index is 12.7. The van der Waals surface area contributed by atoms with E-state index in [-0.39, 0.29) is 19.0 Å². The first-order chi connectivity index (χ1) is 10.1. The Hall–Kier alpha value is -1.85. The molecule has 0 aliphatic carbocycles. The van der Waals surface area contributed by atoms with Crippen LogP contribution in [-0.2, 0) is 16.2 Å². The molecule has 118 valence electrons. The molecule has 0 amide bonds. The van der Waals surface area contributed by atoms with E-state index < -0.39 is 32.2 Å². The van der Waals surface area contributed by atoms with Crippen molar-refractivity contribution < 1.29 is 21.6 Å². The molecule has 22 heavy (non-hydrogen) atoms. The van der Waals surface area contributed by atoms with Crippen LogP contribution in [0.5, 0.6) is 0 Å². The maximum Gasteiger partial charge on any atom is 0.416 e. The first-order valence-electron chi connectivity index (χ1n) is 6.36. The second-order valence-corrected chi connectivity index (χ2v) is 7.08. The molecule has 1 fully saturated rings. The molecule has 1 aliphatic heterocycles. The predicted molar refractivity (Wildman–Crippen MR) is 73.2 cm³/mol. The second kappa shape index (κ2) is 5.41. The van der Waals surface area contributed by atoms with Crippen molar-refractivity contribution in [1.82, 2.24) is 4.31 Å². The number of alkyl halides is 3. The Labute approximate surface area is 126 Å². The lowest BCUT2D eigenvalue weighted by molar-refractivity contribution is -0.137. The van der Waals surface area contributed by atoms with Crippen LogP contribution in [0.15, 0.2) is 35.2 Å². The summed E-state index contributed by atoms with van der Waals surface area (Å²) in [7, 11) is -4.03. The highest BCUT2D eigenvalue weighted by Crippen LogP contribution is 2.33. The van der Waals surface area contributed by atoms with Crippen molar-refractivity contribution in [3.05, 3.63) is 41.5 Å². The highest BCUT2D eigenvalue weighted by Gasteiger charge is 2.36. The largest absolute Gasteiger partial charge is 0.416 e. The van der Waals surface area contributed by atoms with Gasteiger partial charge in [0.25, 0.3) is 0 Å². The molecule has 8 heteroatoms. The quantitative estimate of drug-likeness (QED) is 0.784. The molecule has 4 nitrogen and oxygen atoms in total. The van der Waals surface area contributed by atoms with Crippen molar-refractivity contribution in [2.75, 3.05) is 13.1 Å². The summed E-state index contributed by atoms with van der Waals surface area (Å²) < 4.78 is 64.1. The highest BCUT2D eigenvalue weighted by atomic mass is 32.2. The number of hydrogen-bond donors (Lipinski definition) is 0. The summed E-state index contributed by atoms with van der Waals surface area (Å²) in [5, 5.41) is 9.00. The van der Waals surface area contributed by atoms with Crippen LogP contribution in [0, 0.1) is 17.2 Å². The third kappa shape index (κ3) is 2.87. The van der Waals surface area contributed by atoms with Gasteiger partial charge in [0, 0.05) is 13.1 Å². The lowest BCUT2D eigenvalue weighted by Gasteiger charge is -2.17. The Kier molecular flexibility index (Phi) is 4.06. The molecule has 0 spiro atoms. The molecule has 1 atom stereocenters. The summed E-state index contributed by atoms with van der Waals surface area (Å²) in [6, 6.07) is 3.59. The number of nitriles is 1. The van der Waals surface area contributed by atoms with Crippen LogP contribution < -0.4 is 0 Å². The zero-order chi connectivity index (χ0) is 16.7. The number of benzene rings is 1. The van der Waals surface area contributed by atoms with Crippen molar-refractivity contribution in [2.24, 2.45) is 5.92 Å². The van der Waals surface area contributed by atoms with Gasteiger partial charge < -0.3 is 0 Å². The molecule has 0 unspecified atom stereocenters. The van der Waals surface area contributed by atoms with Gasteiger partial charge in [-0.25, -0.2) is 8.42 Å². The van der Waals surface area contributed by atoms with Gasteiger partial charge in [-0.1, -0.05) is 19.1 Å². The Bertz CT molecular complexity index is 763. The number of hydrogen-bond acceptors (Lipinski definition) is 3. The summed E-state index contributed by atoms with van der Waals surface area (Å²) in [4.78, 5) is -0.412. The van der Waals surface area contributed by atoms with Crippen LogP contribution in [0.3, 0.4) is 0 Å². The van der Waals surface area contributed by atoms with Gasteiger partial charge in [-0.05, 0) is 24.1 Å². The fourth-order valence-corrected chi connectivity index (χ4v) is 3.88. The van der Waals surface area contributed by atoms with Gasteiger partial charge in [-0.2, -0.15) is 22.7 Å². The lowest BCUT2D eigenvalue weighted by Crippen LogP contribution is -2.29. The normalized spacial score (nSPS) is 20.1. The van der Waals surface area contributed by atoms with E-state index in [0.29, 0.717) is 12.1 Å². The summed E-state index contributed by atoms with van der Waals surface area (Å²) >= 11 is 0. The van der Waals surface area contributed by atoms with E-state index in [1.165, 1.54) is 6.07 Å². The van der Waals surface area contributed by atoms with Gasteiger partial charge in [0.15, 0.2) is 0 Å². The molecule has 0 bridgehead atoms. The Morgan fingerprint density at radius 2 is 2.05 bits per heavy atom. The molecule has 1 aromatic rings. The Morgan fingerprint density at radius 3 is 2.50 bits per heavy atom. The van der Waals surface area contributed by atoms with Crippen LogP contribution >= 0.6 is 0 Å². The van der Waals surface area contributed by atoms with E-state index in [1.54, 1.807) is 0 Å². The fraction of sp³-hybridized carbons (Fsp3) is 0.357. The van der Waals surface area contributed by atoms with Crippen molar-refractivity contribution in [3.8, 4) is 6.07 Å². The fourth-order valence-electron chi connectivity index (χ4n) is 2.22. The number of halogens is 3. The van der Waals surface area contributed by atoms with Crippen molar-refractivity contribution in [3.63, 3.8) is 0 Å². The van der Waals surface area contributed by atoms with E-state index in [4.69, 9.17) is 5.26 Å². The summed E-state index contributed by atoms with van der Waals surface area (Å²) in [6.45, 7) is 5.88. The summed E-state index contributed by atoms with van der Waals surface area (Å²) in [6.07, 6.45) is -4.63. The molecule has 0 saturated carbocycles. The van der Waals surface area contributed by atoms with Crippen molar-refractivity contribution >= 4 is 10.0 Å². The van der Waals surface area contributed by atoms with E-state index in [9.17, 15) is 21.6 Å². The smallest absolute Gasteiger partial charge is 0.207 e. The van der Waals surface area contributed by atoms with E-state index >= 15 is 0 Å². The average Bonchev–Trinajstić information content (AvgIpc) is 2.77. The van der Waals surface area contributed by atoms with Crippen LogP contribution in [-0.4, -0.2) is 25.8 Å². The summed E-state index contributed by atoms with van der Waals surface area (Å²) in [5.74, 6) is -0.0326. The number of nitrogens with zero attached hydrogens (tertiary/aromatic N) is 2. The van der Waals surface area contributed by atoms with Crippen molar-refractivity contribution in [1.29, 1.82) is 5.26 Å². The molecule has 0 N–H and O–H groups in total. The maximum atomic E-state index is 12.7. The van der Waals surface area contributed by atoms with E-state index in [0.717, 1.165) is 15.9 Å². The van der Waals surface area contributed by atoms with Gasteiger partial charge in [0.1, 0.15) is 6.07 Å². The average molecular weight is 330 g/mol. The van der Waals surface area contributed by atoms with Crippen LogP contribution in [0.4, 0.5) is 13.2 Å². The van der Waals surface area contributed by atoms with Crippen molar-refractivity contribution in [2.45, 2.75) is 18.0 Å². The Balaban J connectivity index is 2.49.